The van der Waals surface area contributed by atoms with Gasteiger partial charge in [-0.3, -0.25) is 0 Å². The number of anilines is 1. The Morgan fingerprint density at radius 2 is 2.06 bits per heavy atom. The number of aryl methyl sites for hydroxylation is 1. The van der Waals surface area contributed by atoms with Gasteiger partial charge in [0.1, 0.15) is 0 Å². The van der Waals surface area contributed by atoms with Crippen LogP contribution in [0.3, 0.4) is 0 Å². The minimum atomic E-state index is -0.430. The number of aromatic nitrogens is 1. The highest BCUT2D eigenvalue weighted by molar-refractivity contribution is 5.89. The van der Waals surface area contributed by atoms with Gasteiger partial charge in [0.25, 0.3) is 0 Å². The van der Waals surface area contributed by atoms with Gasteiger partial charge in [-0.25, -0.2) is 9.78 Å². The van der Waals surface area contributed by atoms with Crippen LogP contribution in [0.4, 0.5) is 5.69 Å². The van der Waals surface area contributed by atoms with Gasteiger partial charge in [-0.15, -0.1) is 0 Å². The fourth-order valence-electron chi connectivity index (χ4n) is 1.79. The van der Waals surface area contributed by atoms with Crippen molar-refractivity contribution in [1.29, 1.82) is 0 Å². The lowest BCUT2D eigenvalue weighted by atomic mass is 10.0. The van der Waals surface area contributed by atoms with Crippen molar-refractivity contribution in [2.45, 2.75) is 6.92 Å². The number of nitrogens with zero attached hydrogens (tertiary/aromatic N) is 1. The second kappa shape index (κ2) is 4.87. The molecule has 0 fully saturated rings. The number of carbonyl (C=O) groups is 1. The quantitative estimate of drug-likeness (QED) is 0.648. The van der Waals surface area contributed by atoms with Gasteiger partial charge < -0.3 is 10.5 Å². The van der Waals surface area contributed by atoms with Gasteiger partial charge in [0.2, 0.25) is 0 Å². The Labute approximate surface area is 105 Å². The van der Waals surface area contributed by atoms with E-state index in [-0.39, 0.29) is 0 Å². The highest BCUT2D eigenvalue weighted by Gasteiger charge is 2.12. The molecule has 0 saturated heterocycles. The summed E-state index contributed by atoms with van der Waals surface area (Å²) in [6.07, 6.45) is 1.63. The number of rotatable bonds is 2. The summed E-state index contributed by atoms with van der Waals surface area (Å²) in [7, 11) is 1.34. The Morgan fingerprint density at radius 1 is 1.33 bits per heavy atom. The lowest BCUT2D eigenvalue weighted by molar-refractivity contribution is 0.0593. The number of methoxy groups -OCH3 is 1. The molecule has 1 heterocycles. The fourth-order valence-corrected chi connectivity index (χ4v) is 1.79. The van der Waals surface area contributed by atoms with E-state index < -0.39 is 5.97 Å². The van der Waals surface area contributed by atoms with Gasteiger partial charge in [-0.2, -0.15) is 0 Å². The lowest BCUT2D eigenvalue weighted by Gasteiger charge is -2.08. The van der Waals surface area contributed by atoms with Crippen LogP contribution in [-0.4, -0.2) is 18.1 Å². The first-order valence-corrected chi connectivity index (χ1v) is 5.53. The van der Waals surface area contributed by atoms with E-state index in [1.165, 1.54) is 7.11 Å². The third-order valence-electron chi connectivity index (χ3n) is 2.73. The lowest BCUT2D eigenvalue weighted by Crippen LogP contribution is -2.06. The third-order valence-corrected chi connectivity index (χ3v) is 2.73. The molecule has 4 heteroatoms. The van der Waals surface area contributed by atoms with Gasteiger partial charge in [0, 0.05) is 23.0 Å². The average Bonchev–Trinajstić information content (AvgIpc) is 2.38. The van der Waals surface area contributed by atoms with Gasteiger partial charge in [-0.05, 0) is 24.6 Å². The monoisotopic (exact) mass is 242 g/mol. The van der Waals surface area contributed by atoms with Crippen LogP contribution < -0.4 is 5.73 Å². The van der Waals surface area contributed by atoms with Gasteiger partial charge >= 0.3 is 5.97 Å². The Morgan fingerprint density at radius 3 is 2.67 bits per heavy atom. The van der Waals surface area contributed by atoms with Crippen LogP contribution in [0.5, 0.6) is 0 Å². The molecule has 1 aromatic heterocycles. The number of para-hydroxylation sites is 1. The zero-order chi connectivity index (χ0) is 13.1. The van der Waals surface area contributed by atoms with E-state index in [2.05, 4.69) is 9.72 Å². The van der Waals surface area contributed by atoms with E-state index in [1.54, 1.807) is 6.20 Å². The number of esters is 1. The maximum atomic E-state index is 11.4. The molecule has 0 unspecified atom stereocenters. The summed E-state index contributed by atoms with van der Waals surface area (Å²) in [5.41, 5.74) is 9.48. The highest BCUT2D eigenvalue weighted by atomic mass is 16.5. The summed E-state index contributed by atoms with van der Waals surface area (Å²) in [6.45, 7) is 1.82. The molecule has 0 bridgehead atoms. The summed E-state index contributed by atoms with van der Waals surface area (Å²) in [4.78, 5) is 15.6. The van der Waals surface area contributed by atoms with E-state index in [0.717, 1.165) is 16.7 Å². The molecule has 92 valence electrons. The number of pyridine rings is 1. The zero-order valence-electron chi connectivity index (χ0n) is 10.3. The molecule has 0 aliphatic rings. The molecular formula is C14H14N2O2. The Kier molecular flexibility index (Phi) is 3.28. The molecular weight excluding hydrogens is 228 g/mol. The number of hydrogen-bond acceptors (Lipinski definition) is 4. The van der Waals surface area contributed by atoms with Crippen molar-refractivity contribution in [3.63, 3.8) is 0 Å². The summed E-state index contributed by atoms with van der Waals surface area (Å²) in [5.74, 6) is -0.430. The molecule has 4 nitrogen and oxygen atoms in total. The van der Waals surface area contributed by atoms with Crippen molar-refractivity contribution in [1.82, 2.24) is 4.98 Å². The van der Waals surface area contributed by atoms with Crippen LogP contribution in [0, 0.1) is 6.92 Å². The number of ether oxygens (including phenoxy) is 1. The Balaban J connectivity index is 2.47. The molecule has 0 radical (unpaired) electrons. The highest BCUT2D eigenvalue weighted by Crippen LogP contribution is 2.26. The first kappa shape index (κ1) is 12.1. The zero-order valence-corrected chi connectivity index (χ0v) is 10.3. The van der Waals surface area contributed by atoms with Crippen LogP contribution in [0.2, 0.25) is 0 Å². The molecule has 2 aromatic rings. The number of carbonyl (C=O) groups excluding carboxylic acids is 1. The number of nitrogens with two attached hydrogens (primary N) is 1. The SMILES string of the molecule is COC(=O)c1ncc(-c2ccccc2N)cc1C. The third kappa shape index (κ3) is 2.18. The standard InChI is InChI=1S/C14H14N2O2/c1-9-7-10(8-16-13(9)14(17)18-2)11-5-3-4-6-12(11)15/h3-8H,15H2,1-2H3. The second-order valence-corrected chi connectivity index (χ2v) is 3.97. The topological polar surface area (TPSA) is 65.2 Å². The molecule has 0 aliphatic carbocycles. The normalized spacial score (nSPS) is 10.1. The van der Waals surface area contributed by atoms with E-state index in [4.69, 9.17) is 5.73 Å². The van der Waals surface area contributed by atoms with Gasteiger partial charge in [0.15, 0.2) is 5.69 Å². The van der Waals surface area contributed by atoms with Crippen LogP contribution in [-0.2, 0) is 4.74 Å². The van der Waals surface area contributed by atoms with Crippen molar-refractivity contribution in [3.8, 4) is 11.1 Å². The van der Waals surface area contributed by atoms with Crippen molar-refractivity contribution >= 4 is 11.7 Å². The second-order valence-electron chi connectivity index (χ2n) is 3.97. The minimum Gasteiger partial charge on any atom is -0.464 e. The molecule has 1 aromatic carbocycles. The molecule has 0 saturated carbocycles. The average molecular weight is 242 g/mol. The van der Waals surface area contributed by atoms with Gasteiger partial charge in [-0.1, -0.05) is 18.2 Å². The van der Waals surface area contributed by atoms with Crippen molar-refractivity contribution in [2.24, 2.45) is 0 Å². The van der Waals surface area contributed by atoms with E-state index in [0.29, 0.717) is 11.4 Å². The van der Waals surface area contributed by atoms with Gasteiger partial charge in [0.05, 0.1) is 7.11 Å². The predicted octanol–water partition coefficient (Wildman–Crippen LogP) is 2.43. The molecule has 0 amide bonds. The number of nitrogen functional groups attached to an aromatic ring is 1. The Bertz CT molecular complexity index is 594. The van der Waals surface area contributed by atoms with E-state index >= 15 is 0 Å². The molecule has 0 atom stereocenters. The maximum Gasteiger partial charge on any atom is 0.356 e. The van der Waals surface area contributed by atoms with Crippen LogP contribution in [0.15, 0.2) is 36.5 Å². The van der Waals surface area contributed by atoms with E-state index in [1.807, 2.05) is 37.3 Å². The van der Waals surface area contributed by atoms with Crippen LogP contribution >= 0.6 is 0 Å². The first-order valence-electron chi connectivity index (χ1n) is 5.53. The van der Waals surface area contributed by atoms with Crippen molar-refractivity contribution in [3.05, 3.63) is 47.8 Å². The summed E-state index contributed by atoms with van der Waals surface area (Å²) < 4.78 is 4.66. The van der Waals surface area contributed by atoms with Crippen LogP contribution in [0.1, 0.15) is 16.1 Å². The first-order chi connectivity index (χ1) is 8.63. The molecule has 18 heavy (non-hydrogen) atoms. The molecule has 2 N–H and O–H groups in total. The largest absolute Gasteiger partial charge is 0.464 e. The summed E-state index contributed by atoms with van der Waals surface area (Å²) >= 11 is 0. The Hall–Kier alpha value is -2.36. The smallest absolute Gasteiger partial charge is 0.356 e. The molecule has 0 aliphatic heterocycles. The number of hydrogen-bond donors (Lipinski definition) is 1. The number of benzene rings is 1. The summed E-state index contributed by atoms with van der Waals surface area (Å²) in [6, 6.07) is 9.42. The van der Waals surface area contributed by atoms with Crippen LogP contribution in [0.25, 0.3) is 11.1 Å². The fraction of sp³-hybridized carbons (Fsp3) is 0.143. The molecule has 2 rings (SSSR count). The van der Waals surface area contributed by atoms with Crippen molar-refractivity contribution in [2.75, 3.05) is 12.8 Å². The molecule has 0 spiro atoms. The summed E-state index contributed by atoms with van der Waals surface area (Å²) in [5, 5.41) is 0. The minimum absolute atomic E-state index is 0.329. The maximum absolute atomic E-state index is 11.4. The van der Waals surface area contributed by atoms with Crippen molar-refractivity contribution < 1.29 is 9.53 Å². The predicted molar refractivity (Wildman–Crippen MR) is 70.2 cm³/mol. The van der Waals surface area contributed by atoms with E-state index in [9.17, 15) is 4.79 Å².